The number of anilines is 3. The van der Waals surface area contributed by atoms with Crippen LogP contribution in [0, 0.1) is 0 Å². The maximum absolute atomic E-state index is 2.52. The first-order valence-corrected chi connectivity index (χ1v) is 18.7. The first kappa shape index (κ1) is 30.9. The van der Waals surface area contributed by atoms with E-state index >= 15 is 0 Å². The molecule has 8 aromatic rings. The lowest BCUT2D eigenvalue weighted by Gasteiger charge is -2.43. The van der Waals surface area contributed by atoms with Gasteiger partial charge in [-0.05, 0) is 117 Å². The first-order chi connectivity index (χ1) is 25.3. The summed E-state index contributed by atoms with van der Waals surface area (Å²) in [5, 5.41) is 2.55. The van der Waals surface area contributed by atoms with E-state index in [-0.39, 0.29) is 10.8 Å². The van der Waals surface area contributed by atoms with E-state index in [1.54, 1.807) is 0 Å². The van der Waals surface area contributed by atoms with Crippen molar-refractivity contribution in [1.29, 1.82) is 0 Å². The van der Waals surface area contributed by atoms with Crippen molar-refractivity contribution in [2.75, 3.05) is 4.90 Å². The van der Waals surface area contributed by atoms with Crippen LogP contribution in [0.15, 0.2) is 152 Å². The molecular formula is C50H42N2. The van der Waals surface area contributed by atoms with Gasteiger partial charge in [-0.25, -0.2) is 0 Å². The van der Waals surface area contributed by atoms with Crippen molar-refractivity contribution in [2.45, 2.75) is 51.9 Å². The van der Waals surface area contributed by atoms with Crippen LogP contribution >= 0.6 is 0 Å². The van der Waals surface area contributed by atoms with E-state index < -0.39 is 0 Å². The quantitative estimate of drug-likeness (QED) is 0.181. The van der Waals surface area contributed by atoms with Gasteiger partial charge in [0.1, 0.15) is 0 Å². The fourth-order valence-corrected chi connectivity index (χ4v) is 9.30. The fourth-order valence-electron chi connectivity index (χ4n) is 9.30. The predicted octanol–water partition coefficient (Wildman–Crippen LogP) is 13.4. The lowest BCUT2D eigenvalue weighted by atomic mass is 9.72. The average Bonchev–Trinajstić information content (AvgIpc) is 3.63. The molecule has 0 saturated heterocycles. The van der Waals surface area contributed by atoms with Crippen LogP contribution in [-0.2, 0) is 17.3 Å². The molecule has 2 heteroatoms. The second-order valence-corrected chi connectivity index (χ2v) is 15.7. The van der Waals surface area contributed by atoms with E-state index in [1.807, 2.05) is 0 Å². The first-order valence-electron chi connectivity index (χ1n) is 18.7. The Hall–Kier alpha value is -5.86. The molecule has 1 aromatic heterocycles. The summed E-state index contributed by atoms with van der Waals surface area (Å²) >= 11 is 0. The Labute approximate surface area is 306 Å². The van der Waals surface area contributed by atoms with Crippen molar-refractivity contribution < 1.29 is 0 Å². The summed E-state index contributed by atoms with van der Waals surface area (Å²) in [6.07, 6.45) is 1.01. The molecule has 0 amide bonds. The van der Waals surface area contributed by atoms with E-state index in [1.165, 1.54) is 94.6 Å². The third-order valence-corrected chi connectivity index (χ3v) is 12.1. The van der Waals surface area contributed by atoms with Gasteiger partial charge in [-0.15, -0.1) is 0 Å². The van der Waals surface area contributed by atoms with E-state index in [2.05, 4.69) is 196 Å². The van der Waals surface area contributed by atoms with Gasteiger partial charge in [-0.1, -0.05) is 126 Å². The Bertz CT molecular complexity index is 2720. The molecule has 7 aromatic carbocycles. The monoisotopic (exact) mass is 670 g/mol. The molecular weight excluding hydrogens is 629 g/mol. The molecule has 0 spiro atoms. The van der Waals surface area contributed by atoms with Crippen molar-refractivity contribution in [3.63, 3.8) is 0 Å². The van der Waals surface area contributed by atoms with Gasteiger partial charge in [-0.2, -0.15) is 0 Å². The molecule has 0 saturated carbocycles. The predicted molar refractivity (Wildman–Crippen MR) is 220 cm³/mol. The third kappa shape index (κ3) is 4.30. The smallest absolute Gasteiger partial charge is 0.0541 e. The highest BCUT2D eigenvalue weighted by Gasteiger charge is 2.39. The van der Waals surface area contributed by atoms with Crippen molar-refractivity contribution in [3.8, 4) is 27.9 Å². The van der Waals surface area contributed by atoms with Crippen LogP contribution < -0.4 is 4.90 Å². The number of para-hydroxylation sites is 2. The van der Waals surface area contributed by atoms with Crippen LogP contribution in [0.2, 0.25) is 0 Å². The number of fused-ring (bicyclic) bond motifs is 8. The molecule has 0 radical (unpaired) electrons. The van der Waals surface area contributed by atoms with E-state index in [0.717, 1.165) is 6.42 Å². The van der Waals surface area contributed by atoms with Crippen LogP contribution in [0.1, 0.15) is 62.4 Å². The molecule has 0 fully saturated rings. The Morgan fingerprint density at radius 1 is 0.442 bits per heavy atom. The zero-order valence-corrected chi connectivity index (χ0v) is 30.5. The summed E-state index contributed by atoms with van der Waals surface area (Å²) in [4.78, 5) is 2.52. The maximum Gasteiger partial charge on any atom is 0.0541 e. The average molecular weight is 671 g/mol. The number of benzene rings is 7. The van der Waals surface area contributed by atoms with Gasteiger partial charge in [-0.3, -0.25) is 0 Å². The molecule has 10 rings (SSSR count). The molecule has 2 heterocycles. The molecule has 0 unspecified atom stereocenters. The van der Waals surface area contributed by atoms with Crippen molar-refractivity contribution >= 4 is 38.9 Å². The highest BCUT2D eigenvalue weighted by Crippen LogP contribution is 2.55. The number of aryl methyl sites for hydroxylation is 1. The van der Waals surface area contributed by atoms with Crippen LogP contribution in [0.5, 0.6) is 0 Å². The Morgan fingerprint density at radius 2 is 1.08 bits per heavy atom. The minimum atomic E-state index is -0.192. The van der Waals surface area contributed by atoms with Gasteiger partial charge in [0.05, 0.1) is 22.4 Å². The summed E-state index contributed by atoms with van der Waals surface area (Å²) in [6.45, 7) is 11.8. The zero-order valence-electron chi connectivity index (χ0n) is 30.5. The lowest BCUT2D eigenvalue weighted by molar-refractivity contribution is 0.630. The molecule has 52 heavy (non-hydrogen) atoms. The zero-order chi connectivity index (χ0) is 35.4. The van der Waals surface area contributed by atoms with Crippen molar-refractivity contribution in [2.24, 2.45) is 0 Å². The molecule has 0 N–H and O–H groups in total. The number of nitrogens with zero attached hydrogens (tertiary/aromatic N) is 2. The maximum atomic E-state index is 2.52. The molecule has 2 nitrogen and oxygen atoms in total. The van der Waals surface area contributed by atoms with E-state index in [4.69, 9.17) is 0 Å². The minimum Gasteiger partial charge on any atom is -0.310 e. The Balaban J connectivity index is 1.15. The number of aromatic nitrogens is 1. The molecule has 1 aliphatic carbocycles. The molecule has 0 atom stereocenters. The Kier molecular flexibility index (Phi) is 6.58. The largest absolute Gasteiger partial charge is 0.310 e. The van der Waals surface area contributed by atoms with Gasteiger partial charge in [0.2, 0.25) is 0 Å². The molecule has 1 aliphatic heterocycles. The second-order valence-electron chi connectivity index (χ2n) is 15.7. The third-order valence-electron chi connectivity index (χ3n) is 12.1. The fraction of sp³-hybridized carbons (Fsp3) is 0.160. The standard InChI is InChI=1S/C50H42N2/c1-6-32-20-25-47-43(28-32)50(4,5)44-30-34(33-21-26-46-40(29-33)39-17-11-13-19-45(39)51(46)35-14-8-7-9-15-35)22-27-48(44)52(47)36-23-24-38-37-16-10-12-18-41(37)49(2,3)42(38)31-36/h7-31H,6H2,1-5H3. The SMILES string of the molecule is CCc1ccc2c(c1)C(C)(C)c1cc(-c3ccc4c(c3)c3ccccc3n4-c3ccccc3)ccc1N2c1ccc2c(c1)C(C)(C)c1ccccc1-2. The van der Waals surface area contributed by atoms with Gasteiger partial charge >= 0.3 is 0 Å². The number of hydrogen-bond acceptors (Lipinski definition) is 1. The number of rotatable bonds is 4. The Morgan fingerprint density at radius 3 is 1.90 bits per heavy atom. The summed E-state index contributed by atoms with van der Waals surface area (Å²) in [5.41, 5.74) is 19.2. The summed E-state index contributed by atoms with van der Waals surface area (Å²) in [6, 6.07) is 56.9. The van der Waals surface area contributed by atoms with Crippen LogP contribution in [-0.4, -0.2) is 4.57 Å². The molecule has 252 valence electrons. The van der Waals surface area contributed by atoms with E-state index in [9.17, 15) is 0 Å². The van der Waals surface area contributed by atoms with Crippen LogP contribution in [0.3, 0.4) is 0 Å². The van der Waals surface area contributed by atoms with Crippen molar-refractivity contribution in [3.05, 3.63) is 179 Å². The molecule has 0 bridgehead atoms. The van der Waals surface area contributed by atoms with Gasteiger partial charge < -0.3 is 9.47 Å². The van der Waals surface area contributed by atoms with Crippen LogP contribution in [0.4, 0.5) is 17.1 Å². The van der Waals surface area contributed by atoms with E-state index in [0.29, 0.717) is 0 Å². The van der Waals surface area contributed by atoms with Gasteiger partial charge in [0, 0.05) is 33.0 Å². The minimum absolute atomic E-state index is 0.0686. The topological polar surface area (TPSA) is 8.17 Å². The van der Waals surface area contributed by atoms with Gasteiger partial charge in [0.25, 0.3) is 0 Å². The highest BCUT2D eigenvalue weighted by atomic mass is 15.2. The number of hydrogen-bond donors (Lipinski definition) is 0. The highest BCUT2D eigenvalue weighted by molar-refractivity contribution is 6.10. The lowest BCUT2D eigenvalue weighted by Crippen LogP contribution is -2.31. The summed E-state index contributed by atoms with van der Waals surface area (Å²) < 4.78 is 2.39. The van der Waals surface area contributed by atoms with Gasteiger partial charge in [0.15, 0.2) is 0 Å². The second kappa shape index (κ2) is 11.1. The summed E-state index contributed by atoms with van der Waals surface area (Å²) in [5.74, 6) is 0. The summed E-state index contributed by atoms with van der Waals surface area (Å²) in [7, 11) is 0. The van der Waals surface area contributed by atoms with Crippen LogP contribution in [0.25, 0.3) is 49.7 Å². The van der Waals surface area contributed by atoms with Crippen molar-refractivity contribution in [1.82, 2.24) is 4.57 Å². The normalized spacial score (nSPS) is 15.0. The molecule has 2 aliphatic rings.